The second kappa shape index (κ2) is 5.95. The summed E-state index contributed by atoms with van der Waals surface area (Å²) in [7, 11) is 0. The zero-order valence-corrected chi connectivity index (χ0v) is 13.9. The highest BCUT2D eigenvalue weighted by molar-refractivity contribution is 9.10. The van der Waals surface area contributed by atoms with Gasteiger partial charge in [0.1, 0.15) is 11.6 Å². The number of alkyl halides is 1. The number of hydrogen-bond acceptors (Lipinski definition) is 1. The Balaban J connectivity index is 2.36. The van der Waals surface area contributed by atoms with Crippen molar-refractivity contribution in [2.75, 3.05) is 5.88 Å². The zero-order chi connectivity index (χ0) is 15.0. The van der Waals surface area contributed by atoms with Crippen molar-refractivity contribution in [2.45, 2.75) is 6.42 Å². The minimum Gasteiger partial charge on any atom is -0.292 e. The van der Waals surface area contributed by atoms with Crippen LogP contribution in [0.3, 0.4) is 0 Å². The van der Waals surface area contributed by atoms with Crippen molar-refractivity contribution in [3.8, 4) is 5.69 Å². The molecule has 6 heteroatoms. The van der Waals surface area contributed by atoms with Crippen molar-refractivity contribution >= 4 is 50.2 Å². The molecular formula is C15H10BrCl2FN2. The molecular weight excluding hydrogens is 378 g/mol. The number of aromatic nitrogens is 2. The fourth-order valence-electron chi connectivity index (χ4n) is 2.31. The van der Waals surface area contributed by atoms with Crippen LogP contribution in [0.25, 0.3) is 16.7 Å². The third-order valence-electron chi connectivity index (χ3n) is 3.17. The first-order valence-corrected chi connectivity index (χ1v) is 7.99. The van der Waals surface area contributed by atoms with Crippen molar-refractivity contribution in [3.63, 3.8) is 0 Å². The quantitative estimate of drug-likeness (QED) is 0.553. The van der Waals surface area contributed by atoms with Gasteiger partial charge in [0.15, 0.2) is 0 Å². The van der Waals surface area contributed by atoms with Gasteiger partial charge in [0.05, 0.1) is 16.7 Å². The highest BCUT2D eigenvalue weighted by atomic mass is 79.9. The van der Waals surface area contributed by atoms with Crippen molar-refractivity contribution in [3.05, 3.63) is 57.5 Å². The number of benzene rings is 2. The molecule has 1 heterocycles. The highest BCUT2D eigenvalue weighted by Gasteiger charge is 2.17. The maximum Gasteiger partial charge on any atom is 0.148 e. The molecule has 0 fully saturated rings. The Labute approximate surface area is 139 Å². The van der Waals surface area contributed by atoms with Crippen LogP contribution in [0.4, 0.5) is 4.39 Å². The predicted molar refractivity (Wildman–Crippen MR) is 88.2 cm³/mol. The van der Waals surface area contributed by atoms with Crippen LogP contribution in [0.2, 0.25) is 5.02 Å². The van der Waals surface area contributed by atoms with Crippen molar-refractivity contribution < 1.29 is 4.39 Å². The lowest BCUT2D eigenvalue weighted by molar-refractivity contribution is 0.616. The van der Waals surface area contributed by atoms with E-state index in [1.807, 2.05) is 6.07 Å². The van der Waals surface area contributed by atoms with Crippen LogP contribution in [-0.4, -0.2) is 15.4 Å². The summed E-state index contributed by atoms with van der Waals surface area (Å²) in [6, 6.07) is 10.2. The first kappa shape index (κ1) is 14.8. The Hall–Kier alpha value is -1.10. The van der Waals surface area contributed by atoms with Gasteiger partial charge in [0.2, 0.25) is 0 Å². The first-order valence-electron chi connectivity index (χ1n) is 6.29. The fraction of sp³-hybridized carbons (Fsp3) is 0.133. The highest BCUT2D eigenvalue weighted by Crippen LogP contribution is 2.30. The molecule has 0 aliphatic heterocycles. The van der Waals surface area contributed by atoms with Crippen LogP contribution in [0.1, 0.15) is 5.82 Å². The smallest absolute Gasteiger partial charge is 0.148 e. The van der Waals surface area contributed by atoms with E-state index in [1.54, 1.807) is 28.8 Å². The van der Waals surface area contributed by atoms with Gasteiger partial charge >= 0.3 is 0 Å². The number of para-hydroxylation sites is 1. The van der Waals surface area contributed by atoms with Gasteiger partial charge in [-0.3, -0.25) is 4.57 Å². The molecule has 108 valence electrons. The molecule has 2 nitrogen and oxygen atoms in total. The van der Waals surface area contributed by atoms with Gasteiger partial charge in [-0.15, -0.1) is 11.6 Å². The molecule has 0 radical (unpaired) electrons. The lowest BCUT2D eigenvalue weighted by Gasteiger charge is -2.11. The Bertz CT molecular complexity index is 797. The van der Waals surface area contributed by atoms with Crippen molar-refractivity contribution in [1.29, 1.82) is 0 Å². The second-order valence-corrected chi connectivity index (χ2v) is 6.17. The monoisotopic (exact) mass is 386 g/mol. The van der Waals surface area contributed by atoms with Crippen LogP contribution in [0, 0.1) is 5.82 Å². The Morgan fingerprint density at radius 2 is 2.05 bits per heavy atom. The summed E-state index contributed by atoms with van der Waals surface area (Å²) in [6.07, 6.45) is 0.536. The largest absolute Gasteiger partial charge is 0.292 e. The number of fused-ring (bicyclic) bond motifs is 1. The molecule has 0 atom stereocenters. The molecule has 0 aliphatic rings. The number of imidazole rings is 1. The Morgan fingerprint density at radius 1 is 1.24 bits per heavy atom. The third-order valence-corrected chi connectivity index (χ3v) is 4.23. The second-order valence-electron chi connectivity index (χ2n) is 4.51. The predicted octanol–water partition coefficient (Wildman–Crippen LogP) is 5.36. The lowest BCUT2D eigenvalue weighted by Crippen LogP contribution is -2.05. The summed E-state index contributed by atoms with van der Waals surface area (Å²) in [4.78, 5) is 4.53. The number of rotatable bonds is 3. The van der Waals surface area contributed by atoms with E-state index in [1.165, 1.54) is 6.07 Å². The van der Waals surface area contributed by atoms with E-state index in [0.717, 1.165) is 11.0 Å². The lowest BCUT2D eigenvalue weighted by atomic mass is 10.2. The van der Waals surface area contributed by atoms with Crippen LogP contribution in [0.5, 0.6) is 0 Å². The molecule has 1 aromatic heterocycles. The molecule has 3 aromatic rings. The van der Waals surface area contributed by atoms with E-state index in [0.29, 0.717) is 33.3 Å². The average molecular weight is 388 g/mol. The van der Waals surface area contributed by atoms with Gasteiger partial charge in [0, 0.05) is 21.8 Å². The van der Waals surface area contributed by atoms with Crippen LogP contribution in [-0.2, 0) is 6.42 Å². The van der Waals surface area contributed by atoms with E-state index in [9.17, 15) is 4.39 Å². The SMILES string of the molecule is Fc1cccc(Br)c1-n1c(CCCl)nc2cc(Cl)ccc21. The summed E-state index contributed by atoms with van der Waals surface area (Å²) in [5.41, 5.74) is 1.95. The first-order chi connectivity index (χ1) is 10.1. The van der Waals surface area contributed by atoms with E-state index < -0.39 is 0 Å². The summed E-state index contributed by atoms with van der Waals surface area (Å²) in [5.74, 6) is 0.783. The van der Waals surface area contributed by atoms with Gasteiger partial charge < -0.3 is 0 Å². The Morgan fingerprint density at radius 3 is 2.76 bits per heavy atom. The van der Waals surface area contributed by atoms with Gasteiger partial charge in [-0.2, -0.15) is 0 Å². The summed E-state index contributed by atoms with van der Waals surface area (Å²) < 4.78 is 16.7. The summed E-state index contributed by atoms with van der Waals surface area (Å²) in [5, 5.41) is 0.595. The molecule has 0 unspecified atom stereocenters. The van der Waals surface area contributed by atoms with E-state index in [-0.39, 0.29) is 5.82 Å². The number of aryl methyl sites for hydroxylation is 1. The molecule has 21 heavy (non-hydrogen) atoms. The summed E-state index contributed by atoms with van der Waals surface area (Å²) in [6.45, 7) is 0. The Kier molecular flexibility index (Phi) is 4.20. The minimum absolute atomic E-state index is 0.325. The number of halogens is 4. The zero-order valence-electron chi connectivity index (χ0n) is 10.8. The molecule has 0 aliphatic carbocycles. The van der Waals surface area contributed by atoms with E-state index in [2.05, 4.69) is 20.9 Å². The van der Waals surface area contributed by atoms with Gasteiger partial charge in [-0.1, -0.05) is 17.7 Å². The topological polar surface area (TPSA) is 17.8 Å². The maximum absolute atomic E-state index is 14.3. The number of nitrogens with zero attached hydrogens (tertiary/aromatic N) is 2. The molecule has 0 N–H and O–H groups in total. The van der Waals surface area contributed by atoms with E-state index in [4.69, 9.17) is 23.2 Å². The molecule has 0 amide bonds. The fourth-order valence-corrected chi connectivity index (χ4v) is 3.16. The maximum atomic E-state index is 14.3. The molecule has 0 saturated carbocycles. The molecule has 0 bridgehead atoms. The van der Waals surface area contributed by atoms with Crippen molar-refractivity contribution in [1.82, 2.24) is 9.55 Å². The molecule has 2 aromatic carbocycles. The third kappa shape index (κ3) is 2.68. The standard InChI is InChI=1S/C15H10BrCl2FN2/c16-10-2-1-3-11(19)15(10)21-13-5-4-9(18)8-12(13)20-14(21)6-7-17/h1-5,8H,6-7H2. The van der Waals surface area contributed by atoms with Crippen LogP contribution in [0.15, 0.2) is 40.9 Å². The van der Waals surface area contributed by atoms with Crippen LogP contribution < -0.4 is 0 Å². The van der Waals surface area contributed by atoms with E-state index >= 15 is 0 Å². The van der Waals surface area contributed by atoms with Crippen molar-refractivity contribution in [2.24, 2.45) is 0 Å². The minimum atomic E-state index is -0.325. The van der Waals surface area contributed by atoms with Gasteiger partial charge in [-0.05, 0) is 46.3 Å². The summed E-state index contributed by atoms with van der Waals surface area (Å²) >= 11 is 15.3. The molecule has 3 rings (SSSR count). The molecule has 0 saturated heterocycles. The van der Waals surface area contributed by atoms with Gasteiger partial charge in [-0.25, -0.2) is 9.37 Å². The van der Waals surface area contributed by atoms with Gasteiger partial charge in [0.25, 0.3) is 0 Å². The molecule has 0 spiro atoms. The van der Waals surface area contributed by atoms with Crippen LogP contribution >= 0.6 is 39.1 Å². The number of hydrogen-bond donors (Lipinski definition) is 0. The average Bonchev–Trinajstić information content (AvgIpc) is 2.77. The normalized spacial score (nSPS) is 11.2.